The van der Waals surface area contributed by atoms with E-state index in [9.17, 15) is 9.59 Å². The molecule has 1 unspecified atom stereocenters. The summed E-state index contributed by atoms with van der Waals surface area (Å²) >= 11 is 0. The Balaban J connectivity index is 1.75. The summed E-state index contributed by atoms with van der Waals surface area (Å²) in [7, 11) is 0. The summed E-state index contributed by atoms with van der Waals surface area (Å²) < 4.78 is 1.80. The molecule has 0 saturated carbocycles. The van der Waals surface area contributed by atoms with Gasteiger partial charge in [-0.1, -0.05) is 6.07 Å². The van der Waals surface area contributed by atoms with Gasteiger partial charge in [-0.25, -0.2) is 4.98 Å². The van der Waals surface area contributed by atoms with Gasteiger partial charge in [-0.05, 0) is 63.6 Å². The van der Waals surface area contributed by atoms with Gasteiger partial charge in [0.25, 0.3) is 11.8 Å². The fourth-order valence-corrected chi connectivity index (χ4v) is 3.68. The number of fused-ring (bicyclic) bond motifs is 1. The van der Waals surface area contributed by atoms with Gasteiger partial charge in [0.1, 0.15) is 12.0 Å². The SMILES string of the molecule is CC(C)NC(=O)c1ccc2c(c1)C(c1ncn(C(C)C)n1)CN2C(=O)c1ccccn1. The zero-order valence-electron chi connectivity index (χ0n) is 18.1. The molecule has 2 aromatic heterocycles. The van der Waals surface area contributed by atoms with Crippen molar-refractivity contribution in [2.24, 2.45) is 0 Å². The Kier molecular flexibility index (Phi) is 5.54. The number of hydrogen-bond acceptors (Lipinski definition) is 5. The van der Waals surface area contributed by atoms with Crippen molar-refractivity contribution in [2.45, 2.75) is 45.7 Å². The highest BCUT2D eigenvalue weighted by atomic mass is 16.2. The van der Waals surface area contributed by atoms with Crippen LogP contribution in [0.3, 0.4) is 0 Å². The lowest BCUT2D eigenvalue weighted by molar-refractivity contribution is 0.0941. The lowest BCUT2D eigenvalue weighted by Crippen LogP contribution is -2.31. The van der Waals surface area contributed by atoms with Crippen LogP contribution in [0.15, 0.2) is 48.9 Å². The van der Waals surface area contributed by atoms with Crippen molar-refractivity contribution in [2.75, 3.05) is 11.4 Å². The Labute approximate surface area is 181 Å². The van der Waals surface area contributed by atoms with E-state index in [-0.39, 0.29) is 29.8 Å². The molecule has 4 rings (SSSR count). The minimum Gasteiger partial charge on any atom is -0.350 e. The Morgan fingerprint density at radius 1 is 1.10 bits per heavy atom. The molecule has 1 aliphatic rings. The van der Waals surface area contributed by atoms with E-state index in [0.717, 1.165) is 11.3 Å². The van der Waals surface area contributed by atoms with E-state index in [0.29, 0.717) is 23.6 Å². The zero-order valence-corrected chi connectivity index (χ0v) is 18.1. The quantitative estimate of drug-likeness (QED) is 0.687. The first kappa shape index (κ1) is 20.7. The number of aromatic nitrogens is 4. The predicted molar refractivity (Wildman–Crippen MR) is 117 cm³/mol. The van der Waals surface area contributed by atoms with Crippen molar-refractivity contribution in [3.63, 3.8) is 0 Å². The van der Waals surface area contributed by atoms with Crippen LogP contribution in [0.1, 0.15) is 71.9 Å². The highest BCUT2D eigenvalue weighted by Crippen LogP contribution is 2.40. The number of pyridine rings is 1. The summed E-state index contributed by atoms with van der Waals surface area (Å²) in [6.07, 6.45) is 3.31. The maximum atomic E-state index is 13.2. The van der Waals surface area contributed by atoms with Crippen molar-refractivity contribution in [3.05, 3.63) is 71.6 Å². The molecule has 0 fully saturated rings. The van der Waals surface area contributed by atoms with Gasteiger partial charge < -0.3 is 10.2 Å². The smallest absolute Gasteiger partial charge is 0.276 e. The van der Waals surface area contributed by atoms with Gasteiger partial charge in [0, 0.05) is 36.1 Å². The monoisotopic (exact) mass is 418 g/mol. The average Bonchev–Trinajstić information content (AvgIpc) is 3.38. The first-order valence-corrected chi connectivity index (χ1v) is 10.4. The van der Waals surface area contributed by atoms with E-state index < -0.39 is 0 Å². The molecule has 3 heterocycles. The molecular formula is C23H26N6O2. The summed E-state index contributed by atoms with van der Waals surface area (Å²) in [5.41, 5.74) is 2.54. The number of nitrogens with zero attached hydrogens (tertiary/aromatic N) is 5. The van der Waals surface area contributed by atoms with E-state index in [1.54, 1.807) is 46.4 Å². The number of carbonyl (C=O) groups excluding carboxylic acids is 2. The van der Waals surface area contributed by atoms with Crippen molar-refractivity contribution in [1.82, 2.24) is 25.1 Å². The highest BCUT2D eigenvalue weighted by molar-refractivity contribution is 6.07. The molecule has 1 atom stereocenters. The Morgan fingerprint density at radius 3 is 2.55 bits per heavy atom. The molecule has 1 N–H and O–H groups in total. The van der Waals surface area contributed by atoms with E-state index in [4.69, 9.17) is 0 Å². The van der Waals surface area contributed by atoms with Gasteiger partial charge in [-0.3, -0.25) is 19.3 Å². The molecule has 1 aliphatic heterocycles. The minimum absolute atomic E-state index is 0.0298. The molecule has 8 heteroatoms. The van der Waals surface area contributed by atoms with Gasteiger partial charge in [-0.2, -0.15) is 5.10 Å². The first-order chi connectivity index (χ1) is 14.8. The fraction of sp³-hybridized carbons (Fsp3) is 0.348. The molecular weight excluding hydrogens is 392 g/mol. The number of benzene rings is 1. The fourth-order valence-electron chi connectivity index (χ4n) is 3.68. The molecule has 31 heavy (non-hydrogen) atoms. The van der Waals surface area contributed by atoms with Crippen LogP contribution in [0.5, 0.6) is 0 Å². The summed E-state index contributed by atoms with van der Waals surface area (Å²) in [5, 5.41) is 7.55. The van der Waals surface area contributed by atoms with Crippen LogP contribution in [-0.4, -0.2) is 44.1 Å². The van der Waals surface area contributed by atoms with Gasteiger partial charge in [0.15, 0.2) is 5.82 Å². The molecule has 2 amide bonds. The first-order valence-electron chi connectivity index (χ1n) is 10.4. The van der Waals surface area contributed by atoms with Crippen LogP contribution < -0.4 is 10.2 Å². The van der Waals surface area contributed by atoms with Crippen molar-refractivity contribution in [1.29, 1.82) is 0 Å². The number of amides is 2. The average molecular weight is 419 g/mol. The molecule has 0 saturated heterocycles. The van der Waals surface area contributed by atoms with Crippen LogP contribution in [0.2, 0.25) is 0 Å². The third kappa shape index (κ3) is 4.05. The highest BCUT2D eigenvalue weighted by Gasteiger charge is 2.37. The second-order valence-electron chi connectivity index (χ2n) is 8.26. The van der Waals surface area contributed by atoms with Crippen LogP contribution in [0.4, 0.5) is 5.69 Å². The van der Waals surface area contributed by atoms with Crippen molar-refractivity contribution < 1.29 is 9.59 Å². The summed E-state index contributed by atoms with van der Waals surface area (Å²) in [6, 6.07) is 10.9. The van der Waals surface area contributed by atoms with Gasteiger partial charge in [-0.15, -0.1) is 0 Å². The van der Waals surface area contributed by atoms with Crippen LogP contribution >= 0.6 is 0 Å². The Bertz CT molecular complexity index is 1110. The molecule has 0 aliphatic carbocycles. The number of anilines is 1. The van der Waals surface area contributed by atoms with E-state index in [1.807, 2.05) is 39.8 Å². The summed E-state index contributed by atoms with van der Waals surface area (Å²) in [5.74, 6) is 0.0703. The van der Waals surface area contributed by atoms with Crippen LogP contribution in [0, 0.1) is 0 Å². The Hall–Kier alpha value is -3.55. The third-order valence-electron chi connectivity index (χ3n) is 5.24. The molecule has 0 spiro atoms. The maximum Gasteiger partial charge on any atom is 0.276 e. The summed E-state index contributed by atoms with van der Waals surface area (Å²) in [6.45, 7) is 8.30. The van der Waals surface area contributed by atoms with E-state index in [2.05, 4.69) is 20.4 Å². The van der Waals surface area contributed by atoms with E-state index >= 15 is 0 Å². The molecule has 0 bridgehead atoms. The number of hydrogen-bond donors (Lipinski definition) is 1. The molecule has 0 radical (unpaired) electrons. The van der Waals surface area contributed by atoms with Gasteiger partial charge >= 0.3 is 0 Å². The number of rotatable bonds is 5. The normalized spacial score (nSPS) is 15.4. The second kappa shape index (κ2) is 8.29. The van der Waals surface area contributed by atoms with Gasteiger partial charge in [0.2, 0.25) is 0 Å². The third-order valence-corrected chi connectivity index (χ3v) is 5.24. The standard InChI is InChI=1S/C23H26N6O2/c1-14(2)26-22(30)16-8-9-20-17(11-16)18(21-25-13-29(27-21)15(3)4)12-28(20)23(31)19-7-5-6-10-24-19/h5-11,13-15,18H,12H2,1-4H3,(H,26,30). The molecule has 160 valence electrons. The van der Waals surface area contributed by atoms with Crippen LogP contribution in [-0.2, 0) is 0 Å². The van der Waals surface area contributed by atoms with Gasteiger partial charge in [0.05, 0.1) is 5.92 Å². The second-order valence-corrected chi connectivity index (χ2v) is 8.26. The van der Waals surface area contributed by atoms with E-state index in [1.165, 1.54) is 0 Å². The molecule has 3 aromatic rings. The molecule has 1 aromatic carbocycles. The largest absolute Gasteiger partial charge is 0.350 e. The maximum absolute atomic E-state index is 13.2. The number of carbonyl (C=O) groups is 2. The topological polar surface area (TPSA) is 93.0 Å². The number of nitrogens with one attached hydrogen (secondary N) is 1. The van der Waals surface area contributed by atoms with Crippen molar-refractivity contribution >= 4 is 17.5 Å². The van der Waals surface area contributed by atoms with Crippen molar-refractivity contribution in [3.8, 4) is 0 Å². The minimum atomic E-state index is -0.227. The summed E-state index contributed by atoms with van der Waals surface area (Å²) in [4.78, 5) is 36.2. The lowest BCUT2D eigenvalue weighted by Gasteiger charge is -2.17. The Morgan fingerprint density at radius 2 is 1.90 bits per heavy atom. The van der Waals surface area contributed by atoms with Crippen LogP contribution in [0.25, 0.3) is 0 Å². The zero-order chi connectivity index (χ0) is 22.1. The molecule has 8 nitrogen and oxygen atoms in total. The predicted octanol–water partition coefficient (Wildman–Crippen LogP) is 3.18. The lowest BCUT2D eigenvalue weighted by atomic mass is 9.98.